The van der Waals surface area contributed by atoms with Gasteiger partial charge in [0.05, 0.1) is 23.9 Å². The smallest absolute Gasteiger partial charge is 0.339 e. The standard InChI is InChI=1S/C23H23N3O3/c1-4-26(18-9-7-8-16(2)14-18)22(27)17-12-13-21(24-15-17)25-20-11-6-5-10-19(20)23(28)29-3/h5-15H,4H2,1-3H3,(H,24,25). The van der Waals surface area contributed by atoms with Crippen LogP contribution in [0.2, 0.25) is 0 Å². The van der Waals surface area contributed by atoms with E-state index in [9.17, 15) is 9.59 Å². The summed E-state index contributed by atoms with van der Waals surface area (Å²) >= 11 is 0. The number of rotatable bonds is 6. The van der Waals surface area contributed by atoms with Crippen LogP contribution in [0.4, 0.5) is 17.2 Å². The number of pyridine rings is 1. The zero-order chi connectivity index (χ0) is 20.8. The van der Waals surface area contributed by atoms with Gasteiger partial charge in [0.1, 0.15) is 5.82 Å². The number of hydrogen-bond acceptors (Lipinski definition) is 5. The first-order chi connectivity index (χ1) is 14.0. The number of carbonyl (C=O) groups is 2. The van der Waals surface area contributed by atoms with Crippen LogP contribution in [0.25, 0.3) is 0 Å². The Morgan fingerprint density at radius 3 is 2.52 bits per heavy atom. The molecule has 0 aliphatic rings. The van der Waals surface area contributed by atoms with Gasteiger partial charge in [0.15, 0.2) is 0 Å². The van der Waals surface area contributed by atoms with Crippen molar-refractivity contribution in [2.24, 2.45) is 0 Å². The average molecular weight is 389 g/mol. The Morgan fingerprint density at radius 2 is 1.86 bits per heavy atom. The highest BCUT2D eigenvalue weighted by molar-refractivity contribution is 6.06. The van der Waals surface area contributed by atoms with E-state index < -0.39 is 5.97 Å². The van der Waals surface area contributed by atoms with Crippen LogP contribution in [-0.2, 0) is 4.74 Å². The van der Waals surface area contributed by atoms with Gasteiger partial charge >= 0.3 is 5.97 Å². The Balaban J connectivity index is 1.80. The second kappa shape index (κ2) is 9.01. The monoisotopic (exact) mass is 389 g/mol. The Kier molecular flexibility index (Phi) is 6.24. The van der Waals surface area contributed by atoms with Gasteiger partial charge in [-0.3, -0.25) is 4.79 Å². The lowest BCUT2D eigenvalue weighted by atomic mass is 10.1. The number of ether oxygens (including phenoxy) is 1. The minimum absolute atomic E-state index is 0.118. The van der Waals surface area contributed by atoms with E-state index in [1.54, 1.807) is 35.2 Å². The summed E-state index contributed by atoms with van der Waals surface area (Å²) in [6.45, 7) is 4.48. The first-order valence-electron chi connectivity index (χ1n) is 9.32. The first-order valence-corrected chi connectivity index (χ1v) is 9.32. The molecule has 0 atom stereocenters. The van der Waals surface area contributed by atoms with E-state index in [2.05, 4.69) is 10.3 Å². The van der Waals surface area contributed by atoms with E-state index in [4.69, 9.17) is 4.74 Å². The molecule has 0 radical (unpaired) electrons. The van der Waals surface area contributed by atoms with E-state index in [0.717, 1.165) is 11.3 Å². The van der Waals surface area contributed by atoms with Crippen molar-refractivity contribution in [3.05, 3.63) is 83.6 Å². The zero-order valence-electron chi connectivity index (χ0n) is 16.7. The molecule has 0 fully saturated rings. The molecule has 0 bridgehead atoms. The van der Waals surface area contributed by atoms with Crippen molar-refractivity contribution >= 4 is 29.1 Å². The number of carbonyl (C=O) groups excluding carboxylic acids is 2. The van der Waals surface area contributed by atoms with Crippen molar-refractivity contribution < 1.29 is 14.3 Å². The number of para-hydroxylation sites is 1. The molecule has 1 amide bonds. The Hall–Kier alpha value is -3.67. The molecule has 148 valence electrons. The van der Waals surface area contributed by atoms with Gasteiger partial charge in [0.25, 0.3) is 5.91 Å². The van der Waals surface area contributed by atoms with Crippen molar-refractivity contribution in [1.29, 1.82) is 0 Å². The van der Waals surface area contributed by atoms with Crippen LogP contribution in [-0.4, -0.2) is 30.5 Å². The molecule has 1 heterocycles. The Labute approximate surface area is 170 Å². The summed E-state index contributed by atoms with van der Waals surface area (Å²) in [6, 6.07) is 18.3. The van der Waals surface area contributed by atoms with Crippen molar-refractivity contribution in [1.82, 2.24) is 4.98 Å². The molecule has 6 heteroatoms. The maximum Gasteiger partial charge on any atom is 0.339 e. The highest BCUT2D eigenvalue weighted by atomic mass is 16.5. The summed E-state index contributed by atoms with van der Waals surface area (Å²) in [4.78, 5) is 30.9. The topological polar surface area (TPSA) is 71.5 Å². The van der Waals surface area contributed by atoms with Crippen LogP contribution in [0.3, 0.4) is 0 Å². The van der Waals surface area contributed by atoms with Crippen molar-refractivity contribution in [2.45, 2.75) is 13.8 Å². The molecule has 0 saturated carbocycles. The summed E-state index contributed by atoms with van der Waals surface area (Å²) in [5.41, 5.74) is 3.43. The lowest BCUT2D eigenvalue weighted by Crippen LogP contribution is -2.30. The molecule has 6 nitrogen and oxygen atoms in total. The number of nitrogens with zero attached hydrogens (tertiary/aromatic N) is 2. The number of aryl methyl sites for hydroxylation is 1. The Morgan fingerprint density at radius 1 is 1.07 bits per heavy atom. The van der Waals surface area contributed by atoms with Gasteiger partial charge in [-0.1, -0.05) is 24.3 Å². The molecule has 1 N–H and O–H groups in total. The van der Waals surface area contributed by atoms with Crippen LogP contribution in [0.5, 0.6) is 0 Å². The summed E-state index contributed by atoms with van der Waals surface area (Å²) < 4.78 is 4.80. The minimum Gasteiger partial charge on any atom is -0.465 e. The molecule has 3 rings (SSSR count). The van der Waals surface area contributed by atoms with Crippen molar-refractivity contribution in [3.8, 4) is 0 Å². The second-order valence-electron chi connectivity index (χ2n) is 6.48. The van der Waals surface area contributed by atoms with Crippen LogP contribution in [0.1, 0.15) is 33.2 Å². The maximum absolute atomic E-state index is 12.9. The summed E-state index contributed by atoms with van der Waals surface area (Å²) in [5, 5.41) is 3.10. The number of benzene rings is 2. The predicted octanol–water partition coefficient (Wildman–Crippen LogP) is 4.59. The number of anilines is 3. The molecule has 0 spiro atoms. The fourth-order valence-electron chi connectivity index (χ4n) is 3.01. The average Bonchev–Trinajstić information content (AvgIpc) is 2.74. The van der Waals surface area contributed by atoms with Gasteiger partial charge in [-0.15, -0.1) is 0 Å². The van der Waals surface area contributed by atoms with Gasteiger partial charge in [-0.05, 0) is 55.8 Å². The van der Waals surface area contributed by atoms with Crippen LogP contribution in [0, 0.1) is 6.92 Å². The third kappa shape index (κ3) is 4.60. The lowest BCUT2D eigenvalue weighted by Gasteiger charge is -2.21. The number of methoxy groups -OCH3 is 1. The minimum atomic E-state index is -0.434. The van der Waals surface area contributed by atoms with Crippen molar-refractivity contribution in [2.75, 3.05) is 23.9 Å². The molecular weight excluding hydrogens is 366 g/mol. The van der Waals surface area contributed by atoms with Gasteiger partial charge in [-0.25, -0.2) is 9.78 Å². The highest BCUT2D eigenvalue weighted by Gasteiger charge is 2.17. The van der Waals surface area contributed by atoms with E-state index in [-0.39, 0.29) is 5.91 Å². The number of hydrogen-bond donors (Lipinski definition) is 1. The van der Waals surface area contributed by atoms with E-state index in [0.29, 0.717) is 29.2 Å². The maximum atomic E-state index is 12.9. The van der Waals surface area contributed by atoms with Gasteiger partial charge < -0.3 is 15.0 Å². The lowest BCUT2D eigenvalue weighted by molar-refractivity contribution is 0.0601. The third-order valence-electron chi connectivity index (χ3n) is 4.48. The van der Waals surface area contributed by atoms with Gasteiger partial charge in [-0.2, -0.15) is 0 Å². The largest absolute Gasteiger partial charge is 0.465 e. The summed E-state index contributed by atoms with van der Waals surface area (Å²) in [7, 11) is 1.34. The molecule has 0 aliphatic heterocycles. The molecule has 29 heavy (non-hydrogen) atoms. The van der Waals surface area contributed by atoms with E-state index in [1.807, 2.05) is 44.2 Å². The van der Waals surface area contributed by atoms with Crippen LogP contribution < -0.4 is 10.2 Å². The zero-order valence-corrected chi connectivity index (χ0v) is 16.7. The van der Waals surface area contributed by atoms with Crippen LogP contribution in [0.15, 0.2) is 66.9 Å². The van der Waals surface area contributed by atoms with Crippen LogP contribution >= 0.6 is 0 Å². The molecule has 1 aromatic heterocycles. The van der Waals surface area contributed by atoms with Gasteiger partial charge in [0, 0.05) is 18.4 Å². The summed E-state index contributed by atoms with van der Waals surface area (Å²) in [6.07, 6.45) is 1.53. The second-order valence-corrected chi connectivity index (χ2v) is 6.48. The normalized spacial score (nSPS) is 10.3. The number of amides is 1. The molecular formula is C23H23N3O3. The van der Waals surface area contributed by atoms with E-state index in [1.165, 1.54) is 13.3 Å². The fraction of sp³-hybridized carbons (Fsp3) is 0.174. The highest BCUT2D eigenvalue weighted by Crippen LogP contribution is 2.22. The van der Waals surface area contributed by atoms with E-state index >= 15 is 0 Å². The molecule has 2 aromatic carbocycles. The van der Waals surface area contributed by atoms with Crippen molar-refractivity contribution in [3.63, 3.8) is 0 Å². The number of nitrogens with one attached hydrogen (secondary N) is 1. The molecule has 0 saturated heterocycles. The first kappa shape index (κ1) is 20.1. The molecule has 3 aromatic rings. The Bertz CT molecular complexity index is 1020. The molecule has 0 unspecified atom stereocenters. The fourth-order valence-corrected chi connectivity index (χ4v) is 3.01. The number of aromatic nitrogens is 1. The SMILES string of the molecule is CCN(C(=O)c1ccc(Nc2ccccc2C(=O)OC)nc1)c1cccc(C)c1. The third-order valence-corrected chi connectivity index (χ3v) is 4.48. The molecule has 0 aliphatic carbocycles. The predicted molar refractivity (Wildman–Crippen MR) is 114 cm³/mol. The summed E-state index contributed by atoms with van der Waals surface area (Å²) in [5.74, 6) is -0.0275. The van der Waals surface area contributed by atoms with Gasteiger partial charge in [0.2, 0.25) is 0 Å². The number of esters is 1. The quantitative estimate of drug-likeness (QED) is 0.625.